The molecule has 0 aliphatic rings. The Labute approximate surface area is 60.8 Å². The molecule has 56 valence electrons. The summed E-state index contributed by atoms with van der Waals surface area (Å²) in [5, 5.41) is 6.38. The first kappa shape index (κ1) is 9.14. The van der Waals surface area contributed by atoms with Crippen LogP contribution in [-0.2, 0) is 0 Å². The third-order valence-electron chi connectivity index (χ3n) is 1.54. The minimum Gasteiger partial charge on any atom is -0.305 e. The van der Waals surface area contributed by atoms with Gasteiger partial charge in [0.1, 0.15) is 0 Å². The smallest absolute Gasteiger partial charge is 0.0566 e. The van der Waals surface area contributed by atoms with Crippen LogP contribution in [0.2, 0.25) is 6.04 Å². The zero-order valence-corrected chi connectivity index (χ0v) is 8.70. The highest BCUT2D eigenvalue weighted by molar-refractivity contribution is 6.08. The molecule has 0 saturated carbocycles. The van der Waals surface area contributed by atoms with Gasteiger partial charge in [0.15, 0.2) is 0 Å². The van der Waals surface area contributed by atoms with Crippen molar-refractivity contribution in [3.05, 3.63) is 0 Å². The second kappa shape index (κ2) is 6.26. The Morgan fingerprint density at radius 3 is 2.22 bits per heavy atom. The highest BCUT2D eigenvalue weighted by Gasteiger charge is 1.98. The quantitative estimate of drug-likeness (QED) is 0.396. The van der Waals surface area contributed by atoms with Gasteiger partial charge in [0.25, 0.3) is 0 Å². The van der Waals surface area contributed by atoms with Gasteiger partial charge in [0.2, 0.25) is 0 Å². The molecule has 0 bridgehead atoms. The molecular weight excluding hydrogens is 128 g/mol. The average molecular weight is 146 g/mol. The Hall–Kier alpha value is 0.137. The predicted octanol–water partition coefficient (Wildman–Crippen LogP) is -0.685. The van der Waals surface area contributed by atoms with Crippen molar-refractivity contribution in [2.24, 2.45) is 0 Å². The minimum absolute atomic E-state index is 0.527. The highest BCUT2D eigenvalue weighted by atomic mass is 28.1. The molecule has 0 saturated heterocycles. The summed E-state index contributed by atoms with van der Waals surface area (Å²) in [5.41, 5.74) is 0. The van der Waals surface area contributed by atoms with E-state index in [0.29, 0.717) is 6.17 Å². The van der Waals surface area contributed by atoms with E-state index in [1.807, 2.05) is 14.1 Å². The van der Waals surface area contributed by atoms with Crippen LogP contribution in [0.3, 0.4) is 0 Å². The number of hydrogen-bond donors (Lipinski definition) is 2. The van der Waals surface area contributed by atoms with Gasteiger partial charge in [0, 0.05) is 10.2 Å². The van der Waals surface area contributed by atoms with E-state index < -0.39 is 0 Å². The summed E-state index contributed by atoms with van der Waals surface area (Å²) in [6.45, 7) is 0. The van der Waals surface area contributed by atoms with Gasteiger partial charge in [-0.3, -0.25) is 0 Å². The maximum atomic E-state index is 3.19. The lowest BCUT2D eigenvalue weighted by atomic mass is 10.3. The lowest BCUT2D eigenvalue weighted by Gasteiger charge is -2.13. The van der Waals surface area contributed by atoms with Crippen LogP contribution >= 0.6 is 0 Å². The molecule has 0 radical (unpaired) electrons. The summed E-state index contributed by atoms with van der Waals surface area (Å²) in [6.07, 6.45) is 3.15. The summed E-state index contributed by atoms with van der Waals surface area (Å²) in [6, 6.07) is 1.42. The molecule has 0 fully saturated rings. The standard InChI is InChI=1S/C6H18N2Si/c1-7-6(8-2)4-3-5-9/h6-8H,3-5H2,1-2,9H3. The SMILES string of the molecule is CNC(CCC[SiH3])NC. The van der Waals surface area contributed by atoms with Crippen molar-refractivity contribution in [2.75, 3.05) is 14.1 Å². The Bertz CT molecular complexity index is 55.0. The molecule has 3 heteroatoms. The lowest BCUT2D eigenvalue weighted by molar-refractivity contribution is 0.458. The van der Waals surface area contributed by atoms with E-state index in [1.165, 1.54) is 29.1 Å². The average Bonchev–Trinajstić information content (AvgIpc) is 1.91. The van der Waals surface area contributed by atoms with Crippen LogP contribution < -0.4 is 10.6 Å². The van der Waals surface area contributed by atoms with Gasteiger partial charge in [-0.2, -0.15) is 0 Å². The Morgan fingerprint density at radius 1 is 1.33 bits per heavy atom. The fourth-order valence-electron chi connectivity index (χ4n) is 0.841. The molecule has 0 unspecified atom stereocenters. The molecule has 0 aliphatic heterocycles. The van der Waals surface area contributed by atoms with Gasteiger partial charge in [-0.25, -0.2) is 0 Å². The number of hydrogen-bond acceptors (Lipinski definition) is 2. The van der Waals surface area contributed by atoms with Gasteiger partial charge in [-0.1, -0.05) is 12.5 Å². The van der Waals surface area contributed by atoms with E-state index >= 15 is 0 Å². The summed E-state index contributed by atoms with van der Waals surface area (Å²) >= 11 is 0. The largest absolute Gasteiger partial charge is 0.305 e. The van der Waals surface area contributed by atoms with Crippen LogP contribution in [0, 0.1) is 0 Å². The van der Waals surface area contributed by atoms with Crippen molar-refractivity contribution in [3.8, 4) is 0 Å². The van der Waals surface area contributed by atoms with E-state index in [2.05, 4.69) is 10.6 Å². The van der Waals surface area contributed by atoms with Gasteiger partial charge in [-0.15, -0.1) is 0 Å². The van der Waals surface area contributed by atoms with Crippen molar-refractivity contribution < 1.29 is 0 Å². The first-order chi connectivity index (χ1) is 4.35. The second-order valence-electron chi connectivity index (χ2n) is 2.27. The molecule has 0 amide bonds. The van der Waals surface area contributed by atoms with Gasteiger partial charge < -0.3 is 10.6 Å². The molecule has 9 heavy (non-hydrogen) atoms. The molecule has 0 aromatic carbocycles. The van der Waals surface area contributed by atoms with Gasteiger partial charge >= 0.3 is 0 Å². The zero-order valence-electron chi connectivity index (χ0n) is 6.70. The third kappa shape index (κ3) is 4.63. The molecular formula is C6H18N2Si. The summed E-state index contributed by atoms with van der Waals surface area (Å²) in [5.74, 6) is 0. The van der Waals surface area contributed by atoms with Gasteiger partial charge in [-0.05, 0) is 20.5 Å². The van der Waals surface area contributed by atoms with Gasteiger partial charge in [0.05, 0.1) is 6.17 Å². The Morgan fingerprint density at radius 2 is 1.89 bits per heavy atom. The van der Waals surface area contributed by atoms with Crippen molar-refractivity contribution >= 4 is 10.2 Å². The van der Waals surface area contributed by atoms with E-state index in [4.69, 9.17) is 0 Å². The van der Waals surface area contributed by atoms with Crippen LogP contribution in [0.1, 0.15) is 12.8 Å². The van der Waals surface area contributed by atoms with Crippen LogP contribution in [0.15, 0.2) is 0 Å². The first-order valence-corrected chi connectivity index (χ1v) is 5.11. The molecule has 2 N–H and O–H groups in total. The molecule has 0 heterocycles. The molecule has 2 nitrogen and oxygen atoms in total. The molecule has 0 atom stereocenters. The summed E-state index contributed by atoms with van der Waals surface area (Å²) in [7, 11) is 5.33. The van der Waals surface area contributed by atoms with Crippen molar-refractivity contribution in [1.29, 1.82) is 0 Å². The second-order valence-corrected chi connectivity index (χ2v) is 3.27. The lowest BCUT2D eigenvalue weighted by Crippen LogP contribution is -2.37. The van der Waals surface area contributed by atoms with Crippen LogP contribution in [0.4, 0.5) is 0 Å². The van der Waals surface area contributed by atoms with Crippen LogP contribution in [0.5, 0.6) is 0 Å². The maximum Gasteiger partial charge on any atom is 0.0566 e. The number of rotatable bonds is 5. The van der Waals surface area contributed by atoms with Crippen molar-refractivity contribution in [2.45, 2.75) is 25.1 Å². The van der Waals surface area contributed by atoms with Crippen LogP contribution in [-0.4, -0.2) is 30.5 Å². The highest BCUT2D eigenvalue weighted by Crippen LogP contribution is 1.94. The first-order valence-electron chi connectivity index (χ1n) is 3.69. The summed E-state index contributed by atoms with van der Waals surface area (Å²) < 4.78 is 0. The maximum absolute atomic E-state index is 3.19. The van der Waals surface area contributed by atoms with E-state index in [1.54, 1.807) is 0 Å². The van der Waals surface area contributed by atoms with Crippen molar-refractivity contribution in [3.63, 3.8) is 0 Å². The fraction of sp³-hybridized carbons (Fsp3) is 1.00. The normalized spacial score (nSPS) is 11.0. The Kier molecular flexibility index (Phi) is 6.35. The molecule has 0 aromatic heterocycles. The Balaban J connectivity index is 3.09. The molecule has 0 aliphatic carbocycles. The summed E-state index contributed by atoms with van der Waals surface area (Å²) in [4.78, 5) is 0. The monoisotopic (exact) mass is 146 g/mol. The van der Waals surface area contributed by atoms with E-state index in [-0.39, 0.29) is 0 Å². The molecule has 0 aromatic rings. The van der Waals surface area contributed by atoms with Crippen LogP contribution in [0.25, 0.3) is 0 Å². The predicted molar refractivity (Wildman–Crippen MR) is 45.9 cm³/mol. The molecule has 0 rings (SSSR count). The third-order valence-corrected chi connectivity index (χ3v) is 2.25. The van der Waals surface area contributed by atoms with Crippen molar-refractivity contribution in [1.82, 2.24) is 10.6 Å². The fourth-order valence-corrected chi connectivity index (χ4v) is 1.25. The number of nitrogens with one attached hydrogen (secondary N) is 2. The van der Waals surface area contributed by atoms with E-state index in [0.717, 1.165) is 0 Å². The topological polar surface area (TPSA) is 24.1 Å². The minimum atomic E-state index is 0.527. The molecule has 0 spiro atoms. The van der Waals surface area contributed by atoms with E-state index in [9.17, 15) is 0 Å². The zero-order chi connectivity index (χ0) is 7.11.